The second kappa shape index (κ2) is 12.9. The van der Waals surface area contributed by atoms with Crippen LogP contribution in [0, 0.1) is 0 Å². The van der Waals surface area contributed by atoms with E-state index in [2.05, 4.69) is 50.8 Å². The van der Waals surface area contributed by atoms with Crippen molar-refractivity contribution >= 4 is 50.4 Å². The summed E-state index contributed by atoms with van der Waals surface area (Å²) in [7, 11) is -1.39. The maximum Gasteiger partial charge on any atom is 0.369 e. The molecule has 2 heterocycles. The lowest BCUT2D eigenvalue weighted by molar-refractivity contribution is 0.0387. The number of aromatic nitrogens is 2. The van der Waals surface area contributed by atoms with Crippen molar-refractivity contribution in [3.8, 4) is 0 Å². The van der Waals surface area contributed by atoms with E-state index in [-0.39, 0.29) is 23.4 Å². The second-order valence-electron chi connectivity index (χ2n) is 8.06. The van der Waals surface area contributed by atoms with Crippen LogP contribution in [0.3, 0.4) is 0 Å². The van der Waals surface area contributed by atoms with Gasteiger partial charge < -0.3 is 14.4 Å². The standard InChI is InChI=1S/C22H32N6O5S2/c1-5-15(6-2)28-16(7-3)9-8-14-12-17(18(13-19(14)28)27-35(30)31)23-25-22-26-24-20(34-22)21(29)33-11-10-32-4/h12-13,15-16,35H,5-11H2,1-4H3,(H,27,30,31). The first kappa shape index (κ1) is 27.0. The van der Waals surface area contributed by atoms with Gasteiger partial charge in [-0.25, -0.2) is 13.2 Å². The summed E-state index contributed by atoms with van der Waals surface area (Å²) in [6.07, 6.45) is 4.90. The third-order valence-electron chi connectivity index (χ3n) is 5.99. The number of carbonyl (C=O) groups excluding carboxylic acids is 1. The number of benzene rings is 1. The number of azo groups is 1. The molecule has 0 radical (unpaired) electrons. The van der Waals surface area contributed by atoms with E-state index >= 15 is 0 Å². The number of esters is 1. The molecule has 0 amide bonds. The van der Waals surface area contributed by atoms with Gasteiger partial charge in [0.2, 0.25) is 15.9 Å². The van der Waals surface area contributed by atoms with E-state index in [1.54, 1.807) is 0 Å². The molecule has 0 bridgehead atoms. The Morgan fingerprint density at radius 2 is 2.00 bits per heavy atom. The van der Waals surface area contributed by atoms with Crippen LogP contribution >= 0.6 is 11.3 Å². The minimum atomic E-state index is -2.90. The summed E-state index contributed by atoms with van der Waals surface area (Å²) in [5.74, 6) is -0.618. The third kappa shape index (κ3) is 6.73. The van der Waals surface area contributed by atoms with Crippen LogP contribution in [0.5, 0.6) is 0 Å². The molecular formula is C22H32N6O5S2. The van der Waals surface area contributed by atoms with Crippen molar-refractivity contribution in [1.29, 1.82) is 0 Å². The molecule has 1 aliphatic heterocycles. The predicted molar refractivity (Wildman–Crippen MR) is 136 cm³/mol. The van der Waals surface area contributed by atoms with Gasteiger partial charge in [-0.15, -0.1) is 20.4 Å². The molecule has 192 valence electrons. The van der Waals surface area contributed by atoms with Gasteiger partial charge in [0.1, 0.15) is 12.3 Å². The first-order valence-corrected chi connectivity index (χ1v) is 13.7. The van der Waals surface area contributed by atoms with Crippen LogP contribution in [0.1, 0.15) is 61.8 Å². The Kier molecular flexibility index (Phi) is 9.93. The number of ether oxygens (including phenoxy) is 2. The first-order valence-electron chi connectivity index (χ1n) is 11.7. The number of methoxy groups -OCH3 is 1. The highest BCUT2D eigenvalue weighted by molar-refractivity contribution is 7.73. The smallest absolute Gasteiger partial charge is 0.369 e. The summed E-state index contributed by atoms with van der Waals surface area (Å²) < 4.78 is 35.5. The molecule has 1 N–H and O–H groups in total. The molecule has 0 spiro atoms. The normalized spacial score (nSPS) is 15.7. The van der Waals surface area contributed by atoms with Crippen LogP contribution in [-0.2, 0) is 26.8 Å². The van der Waals surface area contributed by atoms with Crippen molar-refractivity contribution in [1.82, 2.24) is 10.2 Å². The molecule has 1 aromatic heterocycles. The van der Waals surface area contributed by atoms with Crippen LogP contribution in [0.25, 0.3) is 0 Å². The molecule has 1 unspecified atom stereocenters. The van der Waals surface area contributed by atoms with Gasteiger partial charge in [-0.05, 0) is 49.8 Å². The lowest BCUT2D eigenvalue weighted by atomic mass is 9.90. The Balaban J connectivity index is 1.92. The van der Waals surface area contributed by atoms with E-state index in [9.17, 15) is 13.2 Å². The van der Waals surface area contributed by atoms with Crippen molar-refractivity contribution in [3.63, 3.8) is 0 Å². The largest absolute Gasteiger partial charge is 0.458 e. The zero-order chi connectivity index (χ0) is 25.4. The zero-order valence-electron chi connectivity index (χ0n) is 20.4. The third-order valence-corrected chi connectivity index (χ3v) is 7.20. The average molecular weight is 525 g/mol. The zero-order valence-corrected chi connectivity index (χ0v) is 22.1. The highest BCUT2D eigenvalue weighted by Gasteiger charge is 2.30. The number of thiol groups is 1. The van der Waals surface area contributed by atoms with Gasteiger partial charge in [-0.3, -0.25) is 4.72 Å². The lowest BCUT2D eigenvalue weighted by Gasteiger charge is -2.44. The molecule has 0 saturated heterocycles. The van der Waals surface area contributed by atoms with Crippen molar-refractivity contribution in [2.24, 2.45) is 10.2 Å². The van der Waals surface area contributed by atoms with Gasteiger partial charge in [0.05, 0.1) is 12.3 Å². The number of aryl methyl sites for hydroxylation is 1. The van der Waals surface area contributed by atoms with E-state index < -0.39 is 16.9 Å². The molecule has 1 aromatic carbocycles. The van der Waals surface area contributed by atoms with E-state index in [1.165, 1.54) is 7.11 Å². The molecule has 13 heteroatoms. The lowest BCUT2D eigenvalue weighted by Crippen LogP contribution is -2.45. The summed E-state index contributed by atoms with van der Waals surface area (Å²) >= 11 is 0.934. The monoisotopic (exact) mass is 524 g/mol. The SMILES string of the molecule is CCC(CC)N1c2cc(N[SH](=O)=O)c(N=Nc3nnc(C(=O)OCCOC)s3)cc2CCC1CC. The van der Waals surface area contributed by atoms with E-state index in [1.807, 2.05) is 12.1 Å². The molecule has 11 nitrogen and oxygen atoms in total. The summed E-state index contributed by atoms with van der Waals surface area (Å²) in [4.78, 5) is 14.4. The fraction of sp³-hybridized carbons (Fsp3) is 0.591. The van der Waals surface area contributed by atoms with Crippen LogP contribution in [0.15, 0.2) is 22.4 Å². The molecule has 0 aliphatic carbocycles. The van der Waals surface area contributed by atoms with Crippen LogP contribution in [0.2, 0.25) is 0 Å². The van der Waals surface area contributed by atoms with Gasteiger partial charge in [0.25, 0.3) is 5.13 Å². The summed E-state index contributed by atoms with van der Waals surface area (Å²) in [6, 6.07) is 4.50. The van der Waals surface area contributed by atoms with Crippen LogP contribution in [0.4, 0.5) is 22.2 Å². The highest BCUT2D eigenvalue weighted by atomic mass is 32.2. The fourth-order valence-electron chi connectivity index (χ4n) is 4.28. The minimum Gasteiger partial charge on any atom is -0.458 e. The van der Waals surface area contributed by atoms with Crippen molar-refractivity contribution < 1.29 is 22.7 Å². The Hall–Kier alpha value is -2.64. The number of anilines is 2. The van der Waals surface area contributed by atoms with Crippen molar-refractivity contribution in [2.45, 2.75) is 65.0 Å². The Morgan fingerprint density at radius 1 is 1.23 bits per heavy atom. The number of nitrogens with one attached hydrogen (secondary N) is 1. The molecule has 3 rings (SSSR count). The van der Waals surface area contributed by atoms with E-state index in [4.69, 9.17) is 9.47 Å². The maximum atomic E-state index is 12.0. The quantitative estimate of drug-likeness (QED) is 0.180. The highest BCUT2D eigenvalue weighted by Crippen LogP contribution is 2.41. The van der Waals surface area contributed by atoms with E-state index in [0.29, 0.717) is 23.5 Å². The van der Waals surface area contributed by atoms with Gasteiger partial charge in [-0.2, -0.15) is 0 Å². The second-order valence-corrected chi connectivity index (χ2v) is 9.76. The van der Waals surface area contributed by atoms with Crippen molar-refractivity contribution in [3.05, 3.63) is 22.7 Å². The first-order chi connectivity index (χ1) is 16.9. The Morgan fingerprint density at radius 3 is 2.66 bits per heavy atom. The topological polar surface area (TPSA) is 135 Å². The number of fused-ring (bicyclic) bond motifs is 1. The maximum absolute atomic E-state index is 12.0. The number of rotatable bonds is 12. The molecule has 1 aliphatic rings. The van der Waals surface area contributed by atoms with Gasteiger partial charge >= 0.3 is 5.97 Å². The van der Waals surface area contributed by atoms with Crippen LogP contribution < -0.4 is 9.62 Å². The molecule has 0 fully saturated rings. The number of nitrogens with zero attached hydrogens (tertiary/aromatic N) is 5. The Bertz CT molecular complexity index is 1110. The van der Waals surface area contributed by atoms with Gasteiger partial charge in [0, 0.05) is 24.9 Å². The van der Waals surface area contributed by atoms with Gasteiger partial charge in [-0.1, -0.05) is 32.1 Å². The summed E-state index contributed by atoms with van der Waals surface area (Å²) in [5.41, 5.74) is 2.86. The summed E-state index contributed by atoms with van der Waals surface area (Å²) in [5, 5.41) is 16.2. The molecule has 1 atom stereocenters. The predicted octanol–water partition coefficient (Wildman–Crippen LogP) is 4.41. The molecule has 2 aromatic rings. The minimum absolute atomic E-state index is 0.0490. The van der Waals surface area contributed by atoms with Crippen LogP contribution in [-0.4, -0.2) is 57.0 Å². The fourth-order valence-corrected chi connectivity index (χ4v) is 5.22. The molecule has 35 heavy (non-hydrogen) atoms. The number of hydrogen-bond acceptors (Lipinski definition) is 11. The Labute approximate surface area is 211 Å². The molecular weight excluding hydrogens is 492 g/mol. The average Bonchev–Trinajstić information content (AvgIpc) is 3.32. The van der Waals surface area contributed by atoms with E-state index in [0.717, 1.165) is 54.7 Å². The van der Waals surface area contributed by atoms with Gasteiger partial charge in [0.15, 0.2) is 0 Å². The summed E-state index contributed by atoms with van der Waals surface area (Å²) in [6.45, 7) is 6.92. The number of carbonyl (C=O) groups is 1. The number of hydrogen-bond donors (Lipinski definition) is 2. The molecule has 0 saturated carbocycles. The van der Waals surface area contributed by atoms with Crippen molar-refractivity contribution in [2.75, 3.05) is 29.9 Å².